The minimum absolute atomic E-state index is 0.128. The minimum atomic E-state index is -4.80. The summed E-state index contributed by atoms with van der Waals surface area (Å²) >= 11 is 0. The molecule has 1 N–H and O–H groups in total. The van der Waals surface area contributed by atoms with Crippen molar-refractivity contribution in [3.8, 4) is 11.6 Å². The molecule has 0 fully saturated rings. The Hall–Kier alpha value is -1.50. The van der Waals surface area contributed by atoms with Gasteiger partial charge in [-0.1, -0.05) is 0 Å². The lowest BCUT2D eigenvalue weighted by Gasteiger charge is -2.19. The fraction of sp³-hybridized carbons (Fsp3) is 0.444. The monoisotopic (exact) mass is 237 g/mol. The third-order valence-electron chi connectivity index (χ3n) is 1.91. The average Bonchev–Trinajstić information content (AvgIpc) is 2.25. The number of rotatable bonds is 3. The van der Waals surface area contributed by atoms with E-state index in [2.05, 4.69) is 9.72 Å². The van der Waals surface area contributed by atoms with Gasteiger partial charge in [0.25, 0.3) is 0 Å². The van der Waals surface area contributed by atoms with Gasteiger partial charge in [-0.05, 0) is 6.07 Å². The Bertz CT molecular complexity index is 345. The molecule has 4 nitrogen and oxygen atoms in total. The highest BCUT2D eigenvalue weighted by atomic mass is 19.4. The predicted octanol–water partition coefficient (Wildman–Crippen LogP) is 1.69. The molecule has 0 saturated heterocycles. The zero-order valence-electron chi connectivity index (χ0n) is 8.58. The lowest BCUT2D eigenvalue weighted by atomic mass is 10.1. The first-order valence-electron chi connectivity index (χ1n) is 4.23. The van der Waals surface area contributed by atoms with E-state index in [9.17, 15) is 13.2 Å². The highest BCUT2D eigenvalue weighted by Gasteiger charge is 2.43. The molecule has 0 radical (unpaired) electrons. The van der Waals surface area contributed by atoms with Crippen LogP contribution in [0.2, 0.25) is 0 Å². The summed E-state index contributed by atoms with van der Waals surface area (Å²) in [5, 5.41) is 9.16. The maximum atomic E-state index is 12.4. The zero-order chi connectivity index (χ0) is 12.3. The van der Waals surface area contributed by atoms with E-state index in [-0.39, 0.29) is 11.6 Å². The molecule has 1 aromatic rings. The van der Waals surface area contributed by atoms with Crippen LogP contribution in [0.5, 0.6) is 11.6 Å². The topological polar surface area (TPSA) is 51.6 Å². The number of ether oxygens (including phenoxy) is 2. The number of alkyl halides is 3. The van der Waals surface area contributed by atoms with Crippen LogP contribution < -0.4 is 9.47 Å². The Morgan fingerprint density at radius 1 is 1.31 bits per heavy atom. The Morgan fingerprint density at radius 2 is 1.94 bits per heavy atom. The first-order chi connectivity index (χ1) is 7.41. The zero-order valence-corrected chi connectivity index (χ0v) is 8.58. The molecule has 1 atom stereocenters. The highest BCUT2D eigenvalue weighted by molar-refractivity contribution is 5.42. The van der Waals surface area contributed by atoms with E-state index in [0.29, 0.717) is 0 Å². The summed E-state index contributed by atoms with van der Waals surface area (Å²) in [6.07, 6.45) is -6.26. The van der Waals surface area contributed by atoms with Crippen LogP contribution in [-0.2, 0) is 0 Å². The third-order valence-corrected chi connectivity index (χ3v) is 1.91. The van der Waals surface area contributed by atoms with Crippen molar-refractivity contribution in [2.45, 2.75) is 12.3 Å². The number of pyridine rings is 1. The normalized spacial score (nSPS) is 13.4. The van der Waals surface area contributed by atoms with E-state index < -0.39 is 17.8 Å². The summed E-state index contributed by atoms with van der Waals surface area (Å²) < 4.78 is 46.5. The van der Waals surface area contributed by atoms with Crippen molar-refractivity contribution in [2.24, 2.45) is 0 Å². The van der Waals surface area contributed by atoms with Gasteiger partial charge in [0.15, 0.2) is 6.10 Å². The number of hydrogen-bond donors (Lipinski definition) is 1. The second-order valence-corrected chi connectivity index (χ2v) is 2.88. The summed E-state index contributed by atoms with van der Waals surface area (Å²) in [5.41, 5.74) is -0.528. The van der Waals surface area contributed by atoms with E-state index in [0.717, 1.165) is 7.11 Å². The lowest BCUT2D eigenvalue weighted by Crippen LogP contribution is -2.21. The molecule has 0 aliphatic heterocycles. The summed E-state index contributed by atoms with van der Waals surface area (Å²) in [7, 11) is 2.36. The van der Waals surface area contributed by atoms with Gasteiger partial charge in [-0.15, -0.1) is 0 Å². The average molecular weight is 237 g/mol. The Kier molecular flexibility index (Phi) is 3.58. The van der Waals surface area contributed by atoms with E-state index >= 15 is 0 Å². The number of hydrogen-bond acceptors (Lipinski definition) is 4. The van der Waals surface area contributed by atoms with Crippen molar-refractivity contribution in [3.05, 3.63) is 17.8 Å². The molecule has 0 bridgehead atoms. The van der Waals surface area contributed by atoms with Gasteiger partial charge in [0.2, 0.25) is 5.88 Å². The standard InChI is InChI=1S/C9H10F3NO3/c1-15-5-3-4-13-8(16-2)6(5)7(14)9(10,11)12/h3-4,7,14H,1-2H3/t7-/m0/s1. The van der Waals surface area contributed by atoms with Gasteiger partial charge in [0, 0.05) is 6.20 Å². The molecule has 16 heavy (non-hydrogen) atoms. The molecule has 1 heterocycles. The summed E-state index contributed by atoms with van der Waals surface area (Å²) in [4.78, 5) is 3.58. The van der Waals surface area contributed by atoms with Crippen LogP contribution in [0.3, 0.4) is 0 Å². The molecule has 0 unspecified atom stereocenters. The van der Waals surface area contributed by atoms with Crippen LogP contribution in [0, 0.1) is 0 Å². The Labute approximate surface area is 89.6 Å². The van der Waals surface area contributed by atoms with Gasteiger partial charge < -0.3 is 14.6 Å². The molecule has 1 rings (SSSR count). The first kappa shape index (κ1) is 12.6. The molecule has 0 aliphatic rings. The molecule has 1 aromatic heterocycles. The van der Waals surface area contributed by atoms with Crippen LogP contribution >= 0.6 is 0 Å². The Morgan fingerprint density at radius 3 is 2.38 bits per heavy atom. The summed E-state index contributed by atoms with van der Waals surface area (Å²) in [5.74, 6) is -0.444. The van der Waals surface area contributed by atoms with E-state index in [4.69, 9.17) is 9.84 Å². The van der Waals surface area contributed by atoms with Crippen LogP contribution in [0.25, 0.3) is 0 Å². The first-order valence-corrected chi connectivity index (χ1v) is 4.23. The van der Waals surface area contributed by atoms with Crippen LogP contribution in [-0.4, -0.2) is 30.5 Å². The predicted molar refractivity (Wildman–Crippen MR) is 48.4 cm³/mol. The SMILES string of the molecule is COc1ccnc(OC)c1[C@H](O)C(F)(F)F. The van der Waals surface area contributed by atoms with Crippen LogP contribution in [0.1, 0.15) is 11.7 Å². The van der Waals surface area contributed by atoms with Gasteiger partial charge in [-0.25, -0.2) is 4.98 Å². The van der Waals surface area contributed by atoms with Gasteiger partial charge in [0.05, 0.1) is 19.8 Å². The molecule has 0 aliphatic carbocycles. The fourth-order valence-electron chi connectivity index (χ4n) is 1.19. The second kappa shape index (κ2) is 4.56. The van der Waals surface area contributed by atoms with E-state index in [1.54, 1.807) is 0 Å². The van der Waals surface area contributed by atoms with Gasteiger partial charge in [0.1, 0.15) is 5.75 Å². The van der Waals surface area contributed by atoms with Crippen molar-refractivity contribution in [1.29, 1.82) is 0 Å². The number of halogens is 3. The van der Waals surface area contributed by atoms with Crippen molar-refractivity contribution < 1.29 is 27.8 Å². The number of aromatic nitrogens is 1. The molecular formula is C9H10F3NO3. The van der Waals surface area contributed by atoms with Gasteiger partial charge in [-0.3, -0.25) is 0 Å². The lowest BCUT2D eigenvalue weighted by molar-refractivity contribution is -0.207. The number of nitrogens with zero attached hydrogens (tertiary/aromatic N) is 1. The molecule has 90 valence electrons. The van der Waals surface area contributed by atoms with Gasteiger partial charge in [-0.2, -0.15) is 13.2 Å². The number of aliphatic hydroxyl groups excluding tert-OH is 1. The molecule has 0 spiro atoms. The maximum Gasteiger partial charge on any atom is 0.418 e. The third kappa shape index (κ3) is 2.35. The van der Waals surface area contributed by atoms with Crippen molar-refractivity contribution in [3.63, 3.8) is 0 Å². The largest absolute Gasteiger partial charge is 0.496 e. The highest BCUT2D eigenvalue weighted by Crippen LogP contribution is 2.40. The molecule has 7 heteroatoms. The minimum Gasteiger partial charge on any atom is -0.496 e. The molecule has 0 aromatic carbocycles. The van der Waals surface area contributed by atoms with Crippen LogP contribution in [0.15, 0.2) is 12.3 Å². The summed E-state index contributed by atoms with van der Waals surface area (Å²) in [6.45, 7) is 0. The molecule has 0 saturated carbocycles. The van der Waals surface area contributed by atoms with E-state index in [1.807, 2.05) is 0 Å². The molecule has 0 amide bonds. The fourth-order valence-corrected chi connectivity index (χ4v) is 1.19. The number of aliphatic hydroxyl groups is 1. The van der Waals surface area contributed by atoms with Crippen LogP contribution in [0.4, 0.5) is 13.2 Å². The van der Waals surface area contributed by atoms with Crippen molar-refractivity contribution in [1.82, 2.24) is 4.98 Å². The second-order valence-electron chi connectivity index (χ2n) is 2.88. The number of methoxy groups -OCH3 is 2. The smallest absolute Gasteiger partial charge is 0.418 e. The Balaban J connectivity index is 3.28. The van der Waals surface area contributed by atoms with Gasteiger partial charge >= 0.3 is 6.18 Å². The summed E-state index contributed by atoms with van der Waals surface area (Å²) in [6, 6.07) is 1.22. The quantitative estimate of drug-likeness (QED) is 0.869. The molecular weight excluding hydrogens is 227 g/mol. The van der Waals surface area contributed by atoms with Crippen molar-refractivity contribution in [2.75, 3.05) is 14.2 Å². The van der Waals surface area contributed by atoms with E-state index in [1.165, 1.54) is 19.4 Å². The maximum absolute atomic E-state index is 12.4. The van der Waals surface area contributed by atoms with Crippen molar-refractivity contribution >= 4 is 0 Å².